The molecule has 0 amide bonds. The molecule has 0 saturated carbocycles. The van der Waals surface area contributed by atoms with E-state index in [0.717, 1.165) is 26.8 Å². The van der Waals surface area contributed by atoms with Gasteiger partial charge in [0.1, 0.15) is 0 Å². The van der Waals surface area contributed by atoms with Crippen molar-refractivity contribution in [3.05, 3.63) is 52.0 Å². The van der Waals surface area contributed by atoms with E-state index >= 15 is 0 Å². The molecule has 2 aliphatic rings. The van der Waals surface area contributed by atoms with E-state index in [1.165, 1.54) is 10.9 Å². The van der Waals surface area contributed by atoms with Gasteiger partial charge in [0, 0.05) is 27.8 Å². The lowest BCUT2D eigenvalue weighted by Crippen LogP contribution is -1.98. The summed E-state index contributed by atoms with van der Waals surface area (Å²) in [5.74, 6) is 0. The second-order valence-electron chi connectivity index (χ2n) is 4.89. The van der Waals surface area contributed by atoms with Crippen molar-refractivity contribution in [2.45, 2.75) is 0 Å². The third-order valence-electron chi connectivity index (χ3n) is 3.70. The van der Waals surface area contributed by atoms with Crippen LogP contribution in [0.25, 0.3) is 33.2 Å². The molecule has 0 atom stereocenters. The van der Waals surface area contributed by atoms with Gasteiger partial charge in [-0.3, -0.25) is 0 Å². The minimum Gasteiger partial charge on any atom is -0.342 e. The van der Waals surface area contributed by atoms with Gasteiger partial charge >= 0.3 is 0 Å². The van der Waals surface area contributed by atoms with Crippen molar-refractivity contribution in [3.8, 4) is 11.4 Å². The fourth-order valence-electron chi connectivity index (χ4n) is 2.78. The minimum absolute atomic E-state index is 0. The van der Waals surface area contributed by atoms with E-state index in [0.29, 0.717) is 5.02 Å². The lowest BCUT2D eigenvalue weighted by Gasteiger charge is -2.12. The number of rotatable bonds is 0. The number of aromatic nitrogens is 2. The van der Waals surface area contributed by atoms with Crippen molar-refractivity contribution in [2.75, 3.05) is 0 Å². The van der Waals surface area contributed by atoms with Crippen LogP contribution >= 0.6 is 39.9 Å². The SMILES string of the molecule is Cl.Cn1c2c3cc(Br)c(Cl)cc3nc-2cc2ccccc21. The van der Waals surface area contributed by atoms with Gasteiger partial charge in [-0.1, -0.05) is 29.8 Å². The number of nitrogens with zero attached hydrogens (tertiary/aromatic N) is 2. The van der Waals surface area contributed by atoms with Crippen LogP contribution in [0, 0.1) is 0 Å². The summed E-state index contributed by atoms with van der Waals surface area (Å²) in [6.07, 6.45) is 0. The molecule has 2 aromatic carbocycles. The molecule has 2 aromatic rings. The first kappa shape index (κ1) is 14.6. The second kappa shape index (κ2) is 5.16. The Kier molecular flexibility index (Phi) is 3.60. The Hall–Kier alpha value is -1.29. The van der Waals surface area contributed by atoms with Gasteiger partial charge in [-0.05, 0) is 40.2 Å². The van der Waals surface area contributed by atoms with E-state index in [2.05, 4.69) is 51.8 Å². The maximum absolute atomic E-state index is 6.17. The van der Waals surface area contributed by atoms with Crippen LogP contribution in [0.2, 0.25) is 5.02 Å². The number of benzene rings is 2. The summed E-state index contributed by atoms with van der Waals surface area (Å²) in [6.45, 7) is 0. The third-order valence-corrected chi connectivity index (χ3v) is 4.90. The number of pyridine rings is 1. The van der Waals surface area contributed by atoms with Gasteiger partial charge in [0.2, 0.25) is 0 Å². The number of hydrogen-bond acceptors (Lipinski definition) is 1. The summed E-state index contributed by atoms with van der Waals surface area (Å²) >= 11 is 9.66. The first-order chi connectivity index (χ1) is 9.65. The minimum atomic E-state index is 0. The molecule has 4 rings (SSSR count). The van der Waals surface area contributed by atoms with Gasteiger partial charge in [0.05, 0.1) is 21.9 Å². The monoisotopic (exact) mass is 380 g/mol. The molecule has 0 fully saturated rings. The zero-order chi connectivity index (χ0) is 13.9. The Balaban J connectivity index is 0.00000132. The molecule has 2 nitrogen and oxygen atoms in total. The van der Waals surface area contributed by atoms with Crippen molar-refractivity contribution < 1.29 is 0 Å². The Morgan fingerprint density at radius 1 is 1.14 bits per heavy atom. The standard InChI is InChI=1S/C16H10BrClN2.ClH/c1-20-15-5-3-2-4-9(15)6-14-16(20)10-7-11(17)12(18)8-13(10)19-14;/h2-8H,1H3;1H. The summed E-state index contributed by atoms with van der Waals surface area (Å²) in [6, 6.07) is 14.4. The quantitative estimate of drug-likeness (QED) is 0.383. The Morgan fingerprint density at radius 2 is 1.90 bits per heavy atom. The number of aryl methyl sites for hydroxylation is 1. The van der Waals surface area contributed by atoms with Gasteiger partial charge in [0.15, 0.2) is 0 Å². The molecule has 0 radical (unpaired) electrons. The second-order valence-corrected chi connectivity index (χ2v) is 6.15. The highest BCUT2D eigenvalue weighted by atomic mass is 79.9. The Morgan fingerprint density at radius 3 is 2.71 bits per heavy atom. The van der Waals surface area contributed by atoms with E-state index in [9.17, 15) is 0 Å². The molecule has 0 unspecified atom stereocenters. The normalized spacial score (nSPS) is 11.2. The van der Waals surface area contributed by atoms with Gasteiger partial charge in [-0.15, -0.1) is 12.4 Å². The average Bonchev–Trinajstić information content (AvgIpc) is 2.77. The van der Waals surface area contributed by atoms with Crippen LogP contribution in [0.15, 0.2) is 46.9 Å². The van der Waals surface area contributed by atoms with Gasteiger partial charge in [-0.25, -0.2) is 4.98 Å². The summed E-state index contributed by atoms with van der Waals surface area (Å²) in [7, 11) is 2.08. The largest absolute Gasteiger partial charge is 0.342 e. The number of fused-ring (bicyclic) bond motifs is 4. The highest BCUT2D eigenvalue weighted by Crippen LogP contribution is 2.37. The molecule has 0 aromatic heterocycles. The van der Waals surface area contributed by atoms with Crippen molar-refractivity contribution in [1.82, 2.24) is 9.55 Å². The number of halogens is 3. The van der Waals surface area contributed by atoms with E-state index in [-0.39, 0.29) is 12.4 Å². The highest BCUT2D eigenvalue weighted by Gasteiger charge is 2.17. The topological polar surface area (TPSA) is 17.8 Å². The van der Waals surface area contributed by atoms with Gasteiger partial charge < -0.3 is 4.57 Å². The molecular formula is C16H11BrCl2N2. The van der Waals surface area contributed by atoms with Crippen molar-refractivity contribution in [3.63, 3.8) is 0 Å². The molecule has 0 aliphatic carbocycles. The Labute approximate surface area is 141 Å². The van der Waals surface area contributed by atoms with E-state index in [1.807, 2.05) is 18.2 Å². The summed E-state index contributed by atoms with van der Waals surface area (Å²) in [5.41, 5.74) is 4.26. The lowest BCUT2D eigenvalue weighted by atomic mass is 10.1. The lowest BCUT2D eigenvalue weighted by molar-refractivity contribution is 0.967. The zero-order valence-corrected chi connectivity index (χ0v) is 14.3. The first-order valence-corrected chi connectivity index (χ1v) is 7.45. The Bertz CT molecular complexity index is 946. The van der Waals surface area contributed by atoms with Crippen molar-refractivity contribution in [2.24, 2.45) is 7.05 Å². The van der Waals surface area contributed by atoms with Gasteiger partial charge in [0.25, 0.3) is 0 Å². The van der Waals surface area contributed by atoms with Crippen LogP contribution in [0.3, 0.4) is 0 Å². The molecule has 106 valence electrons. The number of hydrogen-bond donors (Lipinski definition) is 0. The third kappa shape index (κ3) is 2.11. The molecule has 2 heterocycles. The van der Waals surface area contributed by atoms with Crippen molar-refractivity contribution >= 4 is 61.7 Å². The molecule has 0 N–H and O–H groups in total. The van der Waals surface area contributed by atoms with E-state index in [4.69, 9.17) is 16.6 Å². The average molecular weight is 382 g/mol. The van der Waals surface area contributed by atoms with Gasteiger partial charge in [-0.2, -0.15) is 0 Å². The van der Waals surface area contributed by atoms with Crippen LogP contribution in [-0.2, 0) is 7.05 Å². The predicted molar refractivity (Wildman–Crippen MR) is 94.8 cm³/mol. The fourth-order valence-corrected chi connectivity index (χ4v) is 3.28. The van der Waals surface area contributed by atoms with E-state index in [1.54, 1.807) is 0 Å². The van der Waals surface area contributed by atoms with Crippen molar-refractivity contribution in [1.29, 1.82) is 0 Å². The fraction of sp³-hybridized carbons (Fsp3) is 0.0625. The van der Waals surface area contributed by atoms with Crippen LogP contribution in [0.5, 0.6) is 0 Å². The molecule has 21 heavy (non-hydrogen) atoms. The predicted octanol–water partition coefficient (Wildman–Crippen LogP) is 5.67. The molecule has 0 spiro atoms. The highest BCUT2D eigenvalue weighted by molar-refractivity contribution is 9.10. The maximum atomic E-state index is 6.17. The van der Waals surface area contributed by atoms with Crippen LogP contribution in [0.4, 0.5) is 0 Å². The maximum Gasteiger partial charge on any atom is 0.0887 e. The molecule has 0 saturated heterocycles. The smallest absolute Gasteiger partial charge is 0.0887 e. The molecule has 5 heteroatoms. The zero-order valence-electron chi connectivity index (χ0n) is 11.1. The van der Waals surface area contributed by atoms with Crippen LogP contribution < -0.4 is 0 Å². The molecular weight excluding hydrogens is 371 g/mol. The summed E-state index contributed by atoms with van der Waals surface area (Å²) in [5, 5.41) is 2.99. The summed E-state index contributed by atoms with van der Waals surface area (Å²) < 4.78 is 3.09. The summed E-state index contributed by atoms with van der Waals surface area (Å²) in [4.78, 5) is 4.70. The molecule has 0 bridgehead atoms. The first-order valence-electron chi connectivity index (χ1n) is 6.28. The molecule has 2 aliphatic heterocycles. The van der Waals surface area contributed by atoms with Crippen LogP contribution in [-0.4, -0.2) is 9.55 Å². The van der Waals surface area contributed by atoms with Crippen LogP contribution in [0.1, 0.15) is 0 Å². The van der Waals surface area contributed by atoms with E-state index < -0.39 is 0 Å². The number of para-hydroxylation sites is 1.